The minimum absolute atomic E-state index is 0.0834. The number of aromatic amines is 2. The number of carbonyl (C=O) groups excluding carboxylic acids is 2. The molecule has 2 aromatic rings. The minimum atomic E-state index is -0.524. The first kappa shape index (κ1) is 15.9. The number of carbonyl (C=O) groups is 2. The van der Waals surface area contributed by atoms with Crippen LogP contribution in [0.15, 0.2) is 27.8 Å². The van der Waals surface area contributed by atoms with Crippen LogP contribution in [-0.4, -0.2) is 41.3 Å². The third-order valence-electron chi connectivity index (χ3n) is 3.75. The van der Waals surface area contributed by atoms with Crippen molar-refractivity contribution in [2.75, 3.05) is 18.5 Å². The van der Waals surface area contributed by atoms with E-state index in [0.29, 0.717) is 13.0 Å². The van der Waals surface area contributed by atoms with Gasteiger partial charge in [0.05, 0.1) is 23.0 Å². The van der Waals surface area contributed by atoms with Crippen LogP contribution >= 0.6 is 0 Å². The van der Waals surface area contributed by atoms with Crippen LogP contribution in [0.3, 0.4) is 0 Å². The molecular weight excluding hydrogens is 316 g/mol. The molecule has 4 N–H and O–H groups in total. The Morgan fingerprint density at radius 2 is 2.00 bits per heavy atom. The smallest absolute Gasteiger partial charge is 0.272 e. The molecule has 126 valence electrons. The Balaban J connectivity index is 1.72. The Morgan fingerprint density at radius 3 is 2.75 bits per heavy atom. The van der Waals surface area contributed by atoms with E-state index in [-0.39, 0.29) is 28.9 Å². The van der Waals surface area contributed by atoms with E-state index in [1.807, 2.05) is 0 Å². The van der Waals surface area contributed by atoms with E-state index in [2.05, 4.69) is 20.8 Å². The zero-order chi connectivity index (χ0) is 17.1. The molecule has 0 bridgehead atoms. The van der Waals surface area contributed by atoms with E-state index in [0.717, 1.165) is 6.42 Å². The van der Waals surface area contributed by atoms with E-state index < -0.39 is 23.1 Å². The fraction of sp³-hybridized carbons (Fsp3) is 0.333. The summed E-state index contributed by atoms with van der Waals surface area (Å²) in [5.41, 5.74) is -0.785. The van der Waals surface area contributed by atoms with Crippen molar-refractivity contribution in [1.82, 2.24) is 15.5 Å². The lowest BCUT2D eigenvalue weighted by Crippen LogP contribution is -2.39. The summed E-state index contributed by atoms with van der Waals surface area (Å²) < 4.78 is 5.22. The van der Waals surface area contributed by atoms with Crippen LogP contribution in [0.5, 0.6) is 0 Å². The van der Waals surface area contributed by atoms with Crippen LogP contribution < -0.4 is 21.8 Å². The first-order chi connectivity index (χ1) is 11.6. The lowest BCUT2D eigenvalue weighted by Gasteiger charge is -2.11. The third-order valence-corrected chi connectivity index (χ3v) is 3.75. The molecule has 1 aliphatic rings. The SMILES string of the molecule is O=C(CNC(=O)[C@H]1CCCO1)Nc1cccc2c(=O)[nH][nH]c(=O)c12. The molecule has 0 saturated carbocycles. The summed E-state index contributed by atoms with van der Waals surface area (Å²) in [5, 5.41) is 9.70. The average Bonchev–Trinajstić information content (AvgIpc) is 3.11. The third kappa shape index (κ3) is 3.20. The molecular formula is C15H16N4O5. The van der Waals surface area contributed by atoms with E-state index in [1.54, 1.807) is 6.07 Å². The maximum atomic E-state index is 12.0. The maximum Gasteiger partial charge on any atom is 0.272 e. The molecule has 9 nitrogen and oxygen atoms in total. The van der Waals surface area contributed by atoms with Gasteiger partial charge in [-0.05, 0) is 25.0 Å². The molecule has 24 heavy (non-hydrogen) atoms. The lowest BCUT2D eigenvalue weighted by atomic mass is 10.1. The Labute approximate surface area is 135 Å². The molecule has 9 heteroatoms. The molecule has 0 unspecified atom stereocenters. The van der Waals surface area contributed by atoms with E-state index in [1.165, 1.54) is 12.1 Å². The maximum absolute atomic E-state index is 12.0. The number of ether oxygens (including phenoxy) is 1. The van der Waals surface area contributed by atoms with Crippen molar-refractivity contribution in [2.45, 2.75) is 18.9 Å². The van der Waals surface area contributed by atoms with Crippen LogP contribution in [0.25, 0.3) is 10.8 Å². The number of rotatable bonds is 4. The number of hydrogen-bond donors (Lipinski definition) is 4. The lowest BCUT2D eigenvalue weighted by molar-refractivity contribution is -0.131. The molecule has 1 aromatic carbocycles. The highest BCUT2D eigenvalue weighted by molar-refractivity contribution is 6.02. The molecule has 2 heterocycles. The second-order valence-corrected chi connectivity index (χ2v) is 5.40. The van der Waals surface area contributed by atoms with Crippen molar-refractivity contribution in [3.8, 4) is 0 Å². The van der Waals surface area contributed by atoms with Crippen molar-refractivity contribution >= 4 is 28.3 Å². The zero-order valence-electron chi connectivity index (χ0n) is 12.7. The summed E-state index contributed by atoms with van der Waals surface area (Å²) in [7, 11) is 0. The number of aromatic nitrogens is 2. The summed E-state index contributed by atoms with van der Waals surface area (Å²) in [6, 6.07) is 4.55. The van der Waals surface area contributed by atoms with Gasteiger partial charge in [0.2, 0.25) is 11.8 Å². The molecule has 1 fully saturated rings. The van der Waals surface area contributed by atoms with Crippen LogP contribution in [-0.2, 0) is 14.3 Å². The summed E-state index contributed by atoms with van der Waals surface area (Å²) in [4.78, 5) is 47.4. The number of anilines is 1. The quantitative estimate of drug-likeness (QED) is 0.596. The topological polar surface area (TPSA) is 133 Å². The van der Waals surface area contributed by atoms with Gasteiger partial charge in [-0.25, -0.2) is 0 Å². The molecule has 0 spiro atoms. The molecule has 1 saturated heterocycles. The Kier molecular flexibility index (Phi) is 4.43. The highest BCUT2D eigenvalue weighted by atomic mass is 16.5. The van der Waals surface area contributed by atoms with E-state index in [9.17, 15) is 19.2 Å². The van der Waals surface area contributed by atoms with Crippen molar-refractivity contribution in [2.24, 2.45) is 0 Å². The van der Waals surface area contributed by atoms with Crippen LogP contribution in [0, 0.1) is 0 Å². The second kappa shape index (κ2) is 6.67. The van der Waals surface area contributed by atoms with Crippen molar-refractivity contribution in [3.63, 3.8) is 0 Å². The zero-order valence-corrected chi connectivity index (χ0v) is 12.7. The van der Waals surface area contributed by atoms with E-state index in [4.69, 9.17) is 4.74 Å². The largest absolute Gasteiger partial charge is 0.368 e. The Hall–Kier alpha value is -2.94. The highest BCUT2D eigenvalue weighted by Crippen LogP contribution is 2.16. The number of amides is 2. The summed E-state index contributed by atoms with van der Waals surface area (Å²) in [6.45, 7) is 0.286. The summed E-state index contributed by atoms with van der Waals surface area (Å²) in [5.74, 6) is -0.844. The van der Waals surface area contributed by atoms with Gasteiger partial charge in [0, 0.05) is 6.61 Å². The molecule has 1 atom stereocenters. The number of H-pyrrole nitrogens is 2. The van der Waals surface area contributed by atoms with Crippen molar-refractivity contribution < 1.29 is 14.3 Å². The second-order valence-electron chi connectivity index (χ2n) is 5.40. The van der Waals surface area contributed by atoms with E-state index >= 15 is 0 Å². The Bertz CT molecular complexity index is 895. The van der Waals surface area contributed by atoms with Crippen LogP contribution in [0.2, 0.25) is 0 Å². The molecule has 0 radical (unpaired) electrons. The predicted octanol–water partition coefficient (Wildman–Crippen LogP) is -0.550. The first-order valence-electron chi connectivity index (χ1n) is 7.49. The van der Waals surface area contributed by atoms with Crippen LogP contribution in [0.4, 0.5) is 5.69 Å². The number of fused-ring (bicyclic) bond motifs is 1. The Morgan fingerprint density at radius 1 is 1.21 bits per heavy atom. The van der Waals surface area contributed by atoms with Gasteiger partial charge >= 0.3 is 0 Å². The van der Waals surface area contributed by atoms with Crippen molar-refractivity contribution in [1.29, 1.82) is 0 Å². The van der Waals surface area contributed by atoms with Gasteiger partial charge in [-0.1, -0.05) is 6.07 Å². The predicted molar refractivity (Wildman–Crippen MR) is 85.8 cm³/mol. The fourth-order valence-electron chi connectivity index (χ4n) is 2.59. The fourth-order valence-corrected chi connectivity index (χ4v) is 2.59. The van der Waals surface area contributed by atoms with Gasteiger partial charge in [-0.15, -0.1) is 0 Å². The molecule has 1 aromatic heterocycles. The standard InChI is InChI=1S/C15H16N4O5/c20-11(7-16-14(22)10-5-2-6-24-10)17-9-4-1-3-8-12(9)15(23)19-18-13(8)21/h1,3-4,10H,2,5-7H2,(H,16,22)(H,17,20)(H,18,21)(H,19,23)/t10-/m1/s1. The summed E-state index contributed by atoms with van der Waals surface area (Å²) in [6.07, 6.45) is 0.934. The molecule has 1 aliphatic heterocycles. The minimum Gasteiger partial charge on any atom is -0.368 e. The monoisotopic (exact) mass is 332 g/mol. The molecule has 0 aliphatic carbocycles. The normalized spacial score (nSPS) is 16.9. The summed E-state index contributed by atoms with van der Waals surface area (Å²) >= 11 is 0. The number of benzene rings is 1. The average molecular weight is 332 g/mol. The van der Waals surface area contributed by atoms with Gasteiger partial charge in [0.15, 0.2) is 0 Å². The van der Waals surface area contributed by atoms with Gasteiger partial charge in [-0.2, -0.15) is 0 Å². The molecule has 2 amide bonds. The van der Waals surface area contributed by atoms with Crippen molar-refractivity contribution in [3.05, 3.63) is 38.9 Å². The highest BCUT2D eigenvalue weighted by Gasteiger charge is 2.23. The van der Waals surface area contributed by atoms with Crippen LogP contribution in [0.1, 0.15) is 12.8 Å². The molecule has 3 rings (SSSR count). The van der Waals surface area contributed by atoms with Gasteiger partial charge in [0.25, 0.3) is 11.1 Å². The van der Waals surface area contributed by atoms with Gasteiger partial charge in [0.1, 0.15) is 6.10 Å². The first-order valence-corrected chi connectivity index (χ1v) is 7.49. The number of hydrogen-bond acceptors (Lipinski definition) is 5. The van der Waals surface area contributed by atoms with Gasteiger partial charge < -0.3 is 15.4 Å². The van der Waals surface area contributed by atoms with Gasteiger partial charge in [-0.3, -0.25) is 29.4 Å². The number of nitrogens with one attached hydrogen (secondary N) is 4.